The van der Waals surface area contributed by atoms with Gasteiger partial charge in [-0.2, -0.15) is 0 Å². The molecule has 0 radical (unpaired) electrons. The first-order valence-electron chi connectivity index (χ1n) is 11.3. The summed E-state index contributed by atoms with van der Waals surface area (Å²) >= 11 is 2.98. The molecule has 9 heteroatoms. The van der Waals surface area contributed by atoms with Gasteiger partial charge in [0.05, 0.1) is 36.6 Å². The molecule has 33 heavy (non-hydrogen) atoms. The summed E-state index contributed by atoms with van der Waals surface area (Å²) in [6.07, 6.45) is 4.18. The van der Waals surface area contributed by atoms with Crippen LogP contribution in [0, 0.1) is 0 Å². The van der Waals surface area contributed by atoms with Gasteiger partial charge in [0.2, 0.25) is 5.91 Å². The lowest BCUT2D eigenvalue weighted by atomic mass is 9.97. The van der Waals surface area contributed by atoms with E-state index in [0.717, 1.165) is 52.9 Å². The van der Waals surface area contributed by atoms with Gasteiger partial charge in [-0.25, -0.2) is 4.98 Å². The fourth-order valence-electron chi connectivity index (χ4n) is 4.47. The maximum atomic E-state index is 13.9. The zero-order valence-corrected chi connectivity index (χ0v) is 20.5. The van der Waals surface area contributed by atoms with Crippen LogP contribution < -0.4 is 10.3 Å². The summed E-state index contributed by atoms with van der Waals surface area (Å²) in [5.74, 6) is 0.767. The fourth-order valence-corrected chi connectivity index (χ4v) is 6.79. The Bertz CT molecular complexity index is 1230. The van der Waals surface area contributed by atoms with E-state index in [9.17, 15) is 9.59 Å². The lowest BCUT2D eigenvalue weighted by molar-refractivity contribution is -0.134. The number of morpholine rings is 1. The summed E-state index contributed by atoms with van der Waals surface area (Å²) in [5, 5.41) is 0.916. The highest BCUT2D eigenvalue weighted by molar-refractivity contribution is 8.00. The Morgan fingerprint density at radius 3 is 2.64 bits per heavy atom. The number of ether oxygens (including phenoxy) is 2. The number of methoxy groups -OCH3 is 1. The summed E-state index contributed by atoms with van der Waals surface area (Å²) < 4.78 is 12.3. The van der Waals surface area contributed by atoms with Crippen LogP contribution in [0.2, 0.25) is 0 Å². The number of benzene rings is 1. The molecule has 1 aliphatic carbocycles. The molecule has 1 fully saturated rings. The lowest BCUT2D eigenvalue weighted by Gasteiger charge is -2.29. The van der Waals surface area contributed by atoms with Crippen LogP contribution in [0.25, 0.3) is 15.9 Å². The molecule has 1 atom stereocenters. The topological polar surface area (TPSA) is 73.7 Å². The van der Waals surface area contributed by atoms with E-state index in [1.165, 1.54) is 16.6 Å². The van der Waals surface area contributed by atoms with E-state index in [1.807, 2.05) is 36.1 Å². The van der Waals surface area contributed by atoms with E-state index < -0.39 is 0 Å². The Morgan fingerprint density at radius 1 is 1.18 bits per heavy atom. The quantitative estimate of drug-likeness (QED) is 0.406. The van der Waals surface area contributed by atoms with E-state index in [2.05, 4.69) is 0 Å². The second kappa shape index (κ2) is 9.48. The second-order valence-electron chi connectivity index (χ2n) is 8.32. The summed E-state index contributed by atoms with van der Waals surface area (Å²) in [6, 6.07) is 7.41. The molecule has 1 aromatic carbocycles. The van der Waals surface area contributed by atoms with Gasteiger partial charge >= 0.3 is 0 Å². The van der Waals surface area contributed by atoms with Gasteiger partial charge in [0.1, 0.15) is 10.6 Å². The first-order chi connectivity index (χ1) is 16.1. The Morgan fingerprint density at radius 2 is 1.91 bits per heavy atom. The number of thiophene rings is 1. The average molecular weight is 486 g/mol. The summed E-state index contributed by atoms with van der Waals surface area (Å²) in [5.41, 5.74) is 1.83. The Hall–Kier alpha value is -2.36. The number of nitrogens with zero attached hydrogens (tertiary/aromatic N) is 3. The van der Waals surface area contributed by atoms with Gasteiger partial charge in [-0.1, -0.05) is 11.8 Å². The molecule has 0 spiro atoms. The van der Waals surface area contributed by atoms with Crippen molar-refractivity contribution in [2.45, 2.75) is 43.0 Å². The molecular formula is C24H27N3O4S2. The summed E-state index contributed by atoms with van der Waals surface area (Å²) in [4.78, 5) is 35.8. The molecule has 2 aliphatic rings. The molecule has 3 heterocycles. The molecule has 5 rings (SSSR count). The number of rotatable bonds is 5. The highest BCUT2D eigenvalue weighted by Gasteiger charge is 2.27. The zero-order chi connectivity index (χ0) is 22.9. The molecule has 0 saturated carbocycles. The molecule has 2 aromatic heterocycles. The molecule has 7 nitrogen and oxygen atoms in total. The lowest BCUT2D eigenvalue weighted by Crippen LogP contribution is -2.44. The average Bonchev–Trinajstić information content (AvgIpc) is 3.23. The number of aryl methyl sites for hydroxylation is 2. The van der Waals surface area contributed by atoms with E-state index >= 15 is 0 Å². The number of aromatic nitrogens is 2. The van der Waals surface area contributed by atoms with Crippen molar-refractivity contribution >= 4 is 39.2 Å². The largest absolute Gasteiger partial charge is 0.497 e. The van der Waals surface area contributed by atoms with Gasteiger partial charge in [-0.05, 0) is 62.4 Å². The number of hydrogen-bond acceptors (Lipinski definition) is 7. The zero-order valence-electron chi connectivity index (χ0n) is 18.8. The first kappa shape index (κ1) is 22.4. The van der Waals surface area contributed by atoms with Crippen LogP contribution in [-0.2, 0) is 22.4 Å². The van der Waals surface area contributed by atoms with Crippen molar-refractivity contribution in [3.8, 4) is 11.4 Å². The normalized spacial score (nSPS) is 17.1. The predicted octanol–water partition coefficient (Wildman–Crippen LogP) is 3.67. The van der Waals surface area contributed by atoms with E-state index in [4.69, 9.17) is 14.5 Å². The number of hydrogen-bond donors (Lipinski definition) is 0. The third-order valence-corrected chi connectivity index (χ3v) is 8.47. The first-order valence-corrected chi connectivity index (χ1v) is 13.0. The molecule has 174 valence electrons. The van der Waals surface area contributed by atoms with Crippen LogP contribution in [-0.4, -0.2) is 59.0 Å². The van der Waals surface area contributed by atoms with Crippen LogP contribution in [0.3, 0.4) is 0 Å². The number of fused-ring (bicyclic) bond motifs is 3. The highest BCUT2D eigenvalue weighted by Crippen LogP contribution is 2.36. The standard InChI is InChI=1S/C24H27N3O4S2/c1-15(22(28)26-11-13-31-14-12-26)32-24-25-21-20(18-5-3-4-6-19(18)33-21)23(29)27(24)16-7-9-17(30-2)10-8-16/h7-10,15H,3-6,11-14H2,1-2H3. The van der Waals surface area contributed by atoms with E-state index in [-0.39, 0.29) is 16.7 Å². The molecule has 1 unspecified atom stereocenters. The minimum absolute atomic E-state index is 0.0457. The van der Waals surface area contributed by atoms with Gasteiger partial charge in [-0.15, -0.1) is 11.3 Å². The van der Waals surface area contributed by atoms with Crippen molar-refractivity contribution in [3.05, 3.63) is 45.1 Å². The minimum Gasteiger partial charge on any atom is -0.497 e. The van der Waals surface area contributed by atoms with E-state index in [1.54, 1.807) is 23.0 Å². The predicted molar refractivity (Wildman–Crippen MR) is 131 cm³/mol. The van der Waals surface area contributed by atoms with Crippen LogP contribution in [0.5, 0.6) is 5.75 Å². The number of amides is 1. The molecule has 1 aliphatic heterocycles. The molecule has 0 N–H and O–H groups in total. The van der Waals surface area contributed by atoms with Gasteiger partial charge in [0, 0.05) is 18.0 Å². The number of carbonyl (C=O) groups is 1. The van der Waals surface area contributed by atoms with Gasteiger partial charge in [-0.3, -0.25) is 14.2 Å². The minimum atomic E-state index is -0.369. The van der Waals surface area contributed by atoms with Crippen molar-refractivity contribution in [1.82, 2.24) is 14.5 Å². The Labute approximate surface area is 200 Å². The molecule has 1 saturated heterocycles. The molecular weight excluding hydrogens is 458 g/mol. The Kier molecular flexibility index (Phi) is 6.44. The van der Waals surface area contributed by atoms with Gasteiger partial charge in [0.15, 0.2) is 5.16 Å². The Balaban J connectivity index is 1.59. The van der Waals surface area contributed by atoms with E-state index in [0.29, 0.717) is 31.5 Å². The van der Waals surface area contributed by atoms with Crippen molar-refractivity contribution in [2.75, 3.05) is 33.4 Å². The van der Waals surface area contributed by atoms with Crippen molar-refractivity contribution < 1.29 is 14.3 Å². The third kappa shape index (κ3) is 4.29. The monoisotopic (exact) mass is 485 g/mol. The van der Waals surface area contributed by atoms with Crippen LogP contribution in [0.4, 0.5) is 0 Å². The SMILES string of the molecule is COc1ccc(-n2c(SC(C)C(=O)N3CCOCC3)nc3sc4c(c3c2=O)CCCC4)cc1. The third-order valence-electron chi connectivity index (χ3n) is 6.24. The van der Waals surface area contributed by atoms with Gasteiger partial charge < -0.3 is 14.4 Å². The maximum absolute atomic E-state index is 13.9. The van der Waals surface area contributed by atoms with Gasteiger partial charge in [0.25, 0.3) is 5.56 Å². The smallest absolute Gasteiger partial charge is 0.267 e. The maximum Gasteiger partial charge on any atom is 0.267 e. The number of carbonyl (C=O) groups excluding carboxylic acids is 1. The summed E-state index contributed by atoms with van der Waals surface area (Å²) in [6.45, 7) is 4.20. The molecule has 3 aromatic rings. The second-order valence-corrected chi connectivity index (χ2v) is 10.7. The fraction of sp³-hybridized carbons (Fsp3) is 0.458. The van der Waals surface area contributed by atoms with Crippen LogP contribution >= 0.6 is 23.1 Å². The van der Waals surface area contributed by atoms with Crippen LogP contribution in [0.15, 0.2) is 34.2 Å². The molecule has 1 amide bonds. The van der Waals surface area contributed by atoms with Crippen LogP contribution in [0.1, 0.15) is 30.2 Å². The number of thioether (sulfide) groups is 1. The summed E-state index contributed by atoms with van der Waals surface area (Å²) in [7, 11) is 1.62. The van der Waals surface area contributed by atoms with Crippen molar-refractivity contribution in [1.29, 1.82) is 0 Å². The van der Waals surface area contributed by atoms with Crippen molar-refractivity contribution in [3.63, 3.8) is 0 Å². The molecule has 0 bridgehead atoms. The van der Waals surface area contributed by atoms with Crippen molar-refractivity contribution in [2.24, 2.45) is 0 Å². The highest BCUT2D eigenvalue weighted by atomic mass is 32.2.